The number of nitrogens with one attached hydrogen (secondary N) is 3. The molecule has 0 aliphatic heterocycles. The quantitative estimate of drug-likeness (QED) is 0.480. The topological polar surface area (TPSA) is 126 Å². The van der Waals surface area contributed by atoms with Crippen LogP contribution in [0.4, 0.5) is 17.3 Å². The molecule has 0 bridgehead atoms. The zero-order valence-corrected chi connectivity index (χ0v) is 16.2. The molecule has 1 unspecified atom stereocenters. The van der Waals surface area contributed by atoms with Crippen molar-refractivity contribution in [2.24, 2.45) is 0 Å². The Morgan fingerprint density at radius 2 is 2.20 bits per heavy atom. The van der Waals surface area contributed by atoms with Crippen molar-refractivity contribution in [1.29, 1.82) is 5.41 Å². The number of nitrogens with two attached hydrogens (primary N) is 1. The van der Waals surface area contributed by atoms with E-state index in [0.717, 1.165) is 6.42 Å². The molecule has 1 heterocycles. The van der Waals surface area contributed by atoms with Crippen molar-refractivity contribution in [3.63, 3.8) is 0 Å². The van der Waals surface area contributed by atoms with Crippen molar-refractivity contribution in [1.82, 2.24) is 14.7 Å². The number of hydrogen-bond acceptors (Lipinski definition) is 7. The first-order valence-electron chi connectivity index (χ1n) is 7.45. The van der Waals surface area contributed by atoms with Gasteiger partial charge >= 0.3 is 0 Å². The molecule has 0 saturated heterocycles. The van der Waals surface area contributed by atoms with Gasteiger partial charge in [-0.15, -0.1) is 0 Å². The van der Waals surface area contributed by atoms with Crippen LogP contribution < -0.4 is 20.5 Å². The van der Waals surface area contributed by atoms with Crippen LogP contribution in [-0.2, 0) is 11.0 Å². The van der Waals surface area contributed by atoms with Gasteiger partial charge in [-0.05, 0) is 47.6 Å². The van der Waals surface area contributed by atoms with E-state index in [1.54, 1.807) is 25.2 Å². The molecule has 0 aliphatic carbocycles. The Labute approximate surface area is 156 Å². The van der Waals surface area contributed by atoms with Gasteiger partial charge in [-0.1, -0.05) is 6.92 Å². The molecule has 0 fully saturated rings. The summed E-state index contributed by atoms with van der Waals surface area (Å²) < 4.78 is 20.5. The number of benzene rings is 1. The average Bonchev–Trinajstić information content (AvgIpc) is 2.59. The number of nitrogen functional groups attached to an aromatic ring is 1. The summed E-state index contributed by atoms with van der Waals surface area (Å²) in [7, 11) is 0.266. The molecule has 2 rings (SSSR count). The molecule has 0 saturated carbocycles. The molecule has 25 heavy (non-hydrogen) atoms. The molecule has 5 N–H and O–H groups in total. The number of nitrogens with zero attached hydrogens (tertiary/aromatic N) is 2. The molecule has 8 nitrogen and oxygen atoms in total. The predicted octanol–water partition coefficient (Wildman–Crippen LogP) is 2.55. The van der Waals surface area contributed by atoms with E-state index in [-0.39, 0.29) is 10.4 Å². The highest BCUT2D eigenvalue weighted by atomic mass is 79.9. The van der Waals surface area contributed by atoms with Crippen LogP contribution in [0.3, 0.4) is 0 Å². The van der Waals surface area contributed by atoms with Crippen LogP contribution in [0.1, 0.15) is 18.9 Å². The van der Waals surface area contributed by atoms with E-state index in [1.165, 1.54) is 6.33 Å². The largest absolute Gasteiger partial charge is 0.491 e. The highest BCUT2D eigenvalue weighted by Crippen LogP contribution is 2.32. The SMILES string of the molecule is CCCOc1ccc(S(=O)NC)cc1Nc1ncnc(N)c1C(=N)Br. The lowest BCUT2D eigenvalue weighted by atomic mass is 10.2. The summed E-state index contributed by atoms with van der Waals surface area (Å²) in [5.74, 6) is 1.11. The maximum atomic E-state index is 12.0. The molecule has 2 aromatic rings. The molecule has 0 spiro atoms. The van der Waals surface area contributed by atoms with E-state index in [2.05, 4.69) is 35.9 Å². The standard InChI is InChI=1S/C15H19BrN6O2S/c1-3-6-24-11-5-4-9(25(23)19-2)7-10(11)22-15-12(13(16)17)14(18)20-8-21-15/h4-5,7-8,17,19H,3,6H2,1-2H3,(H3,18,20,21,22). The van der Waals surface area contributed by atoms with Gasteiger partial charge in [0, 0.05) is 0 Å². The van der Waals surface area contributed by atoms with Gasteiger partial charge in [0.25, 0.3) is 0 Å². The molecule has 1 atom stereocenters. The van der Waals surface area contributed by atoms with Gasteiger partial charge in [0.1, 0.15) is 39.3 Å². The van der Waals surface area contributed by atoms with Crippen LogP contribution in [0.25, 0.3) is 0 Å². The molecule has 0 radical (unpaired) electrons. The molecular formula is C15H19BrN6O2S. The minimum atomic E-state index is -1.35. The third kappa shape index (κ3) is 4.74. The third-order valence-corrected chi connectivity index (χ3v) is 4.61. The molecule has 10 heteroatoms. The molecule has 1 aromatic carbocycles. The first-order valence-corrected chi connectivity index (χ1v) is 9.40. The Morgan fingerprint density at radius 3 is 2.84 bits per heavy atom. The second kappa shape index (κ2) is 8.88. The summed E-state index contributed by atoms with van der Waals surface area (Å²) in [6.07, 6.45) is 2.15. The fraction of sp³-hybridized carbons (Fsp3) is 0.267. The zero-order chi connectivity index (χ0) is 18.4. The summed E-state index contributed by atoms with van der Waals surface area (Å²) in [5, 5.41) is 10.9. The van der Waals surface area contributed by atoms with Crippen molar-refractivity contribution in [2.45, 2.75) is 18.2 Å². The zero-order valence-electron chi connectivity index (χ0n) is 13.8. The van der Waals surface area contributed by atoms with Crippen LogP contribution in [0.15, 0.2) is 29.4 Å². The number of rotatable bonds is 8. The van der Waals surface area contributed by atoms with E-state index >= 15 is 0 Å². The first-order chi connectivity index (χ1) is 12.0. The van der Waals surface area contributed by atoms with E-state index < -0.39 is 11.0 Å². The number of aromatic nitrogens is 2. The molecule has 1 aromatic heterocycles. The second-order valence-corrected chi connectivity index (χ2v) is 7.11. The lowest BCUT2D eigenvalue weighted by molar-refractivity contribution is 0.319. The lowest BCUT2D eigenvalue weighted by Gasteiger charge is -2.16. The maximum absolute atomic E-state index is 12.0. The lowest BCUT2D eigenvalue weighted by Crippen LogP contribution is -2.12. The summed E-state index contributed by atoms with van der Waals surface area (Å²) >= 11 is 3.10. The molecular weight excluding hydrogens is 408 g/mol. The Morgan fingerprint density at radius 1 is 1.44 bits per heavy atom. The molecule has 0 amide bonds. The Bertz CT molecular complexity index is 802. The van der Waals surface area contributed by atoms with Crippen molar-refractivity contribution in [2.75, 3.05) is 24.7 Å². The Balaban J connectivity index is 2.47. The number of anilines is 3. The van der Waals surface area contributed by atoms with Gasteiger partial charge in [0.05, 0.1) is 22.8 Å². The third-order valence-electron chi connectivity index (χ3n) is 3.16. The Kier molecular flexibility index (Phi) is 6.85. The van der Waals surface area contributed by atoms with Crippen molar-refractivity contribution in [3.05, 3.63) is 30.1 Å². The van der Waals surface area contributed by atoms with Crippen molar-refractivity contribution < 1.29 is 8.95 Å². The van der Waals surface area contributed by atoms with Gasteiger partial charge < -0.3 is 15.8 Å². The van der Waals surface area contributed by atoms with Crippen LogP contribution >= 0.6 is 15.9 Å². The van der Waals surface area contributed by atoms with Gasteiger partial charge in [0.2, 0.25) is 0 Å². The minimum Gasteiger partial charge on any atom is -0.491 e. The molecule has 134 valence electrons. The highest BCUT2D eigenvalue weighted by molar-refractivity contribution is 9.18. The van der Waals surface area contributed by atoms with E-state index in [0.29, 0.717) is 34.3 Å². The summed E-state index contributed by atoms with van der Waals surface area (Å²) in [4.78, 5) is 8.63. The highest BCUT2D eigenvalue weighted by Gasteiger charge is 2.16. The second-order valence-electron chi connectivity index (χ2n) is 4.90. The van der Waals surface area contributed by atoms with E-state index in [9.17, 15) is 4.21 Å². The van der Waals surface area contributed by atoms with Crippen LogP contribution in [0.5, 0.6) is 5.75 Å². The maximum Gasteiger partial charge on any atom is 0.146 e. The summed E-state index contributed by atoms with van der Waals surface area (Å²) in [6, 6.07) is 5.17. The van der Waals surface area contributed by atoms with Crippen molar-refractivity contribution in [3.8, 4) is 5.75 Å². The number of hydrogen-bond donors (Lipinski definition) is 4. The van der Waals surface area contributed by atoms with Gasteiger partial charge in [-0.25, -0.2) is 18.9 Å². The van der Waals surface area contributed by atoms with Crippen LogP contribution in [0.2, 0.25) is 0 Å². The van der Waals surface area contributed by atoms with Gasteiger partial charge in [0.15, 0.2) is 0 Å². The van der Waals surface area contributed by atoms with Gasteiger partial charge in [-0.2, -0.15) is 0 Å². The minimum absolute atomic E-state index is 0.0547. The summed E-state index contributed by atoms with van der Waals surface area (Å²) in [5.41, 5.74) is 6.75. The number of ether oxygens (including phenoxy) is 1. The normalized spacial score (nSPS) is 11.8. The fourth-order valence-electron chi connectivity index (χ4n) is 2.02. The van der Waals surface area contributed by atoms with Gasteiger partial charge in [-0.3, -0.25) is 5.41 Å². The fourth-order valence-corrected chi connectivity index (χ4v) is 3.06. The van der Waals surface area contributed by atoms with Crippen LogP contribution in [-0.4, -0.2) is 32.5 Å². The summed E-state index contributed by atoms with van der Waals surface area (Å²) in [6.45, 7) is 2.54. The van der Waals surface area contributed by atoms with E-state index in [1.807, 2.05) is 6.92 Å². The monoisotopic (exact) mass is 426 g/mol. The average molecular weight is 427 g/mol. The smallest absolute Gasteiger partial charge is 0.146 e. The van der Waals surface area contributed by atoms with Crippen LogP contribution in [0, 0.1) is 5.41 Å². The first kappa shape index (κ1) is 19.3. The number of halogens is 1. The Hall–Kier alpha value is -2.04. The van der Waals surface area contributed by atoms with Crippen molar-refractivity contribution >= 4 is 48.9 Å². The predicted molar refractivity (Wildman–Crippen MR) is 103 cm³/mol. The molecule has 0 aliphatic rings. The van der Waals surface area contributed by atoms with E-state index in [4.69, 9.17) is 15.9 Å².